The highest BCUT2D eigenvalue weighted by atomic mass is 32.2. The lowest BCUT2D eigenvalue weighted by Crippen LogP contribution is -2.36. The van der Waals surface area contributed by atoms with Crippen LogP contribution in [0.15, 0.2) is 54.6 Å². The molecular formula is C20H25NO3S. The fourth-order valence-electron chi connectivity index (χ4n) is 2.35. The minimum atomic E-state index is -1.20. The summed E-state index contributed by atoms with van der Waals surface area (Å²) in [5.41, 5.74) is 2.64. The van der Waals surface area contributed by atoms with Gasteiger partial charge in [-0.25, -0.2) is 13.7 Å². The first-order valence-electron chi connectivity index (χ1n) is 8.21. The second-order valence-corrected chi connectivity index (χ2v) is 8.85. The van der Waals surface area contributed by atoms with E-state index in [1.165, 1.54) is 7.11 Å². The topological polar surface area (TPSA) is 55.4 Å². The largest absolute Gasteiger partial charge is 0.465 e. The number of esters is 1. The maximum absolute atomic E-state index is 12.6. The monoisotopic (exact) mass is 359 g/mol. The molecule has 2 rings (SSSR count). The van der Waals surface area contributed by atoms with Crippen LogP contribution in [0.1, 0.15) is 48.3 Å². The van der Waals surface area contributed by atoms with E-state index >= 15 is 0 Å². The Bertz CT molecular complexity index is 721. The molecule has 2 aromatic rings. The van der Waals surface area contributed by atoms with E-state index in [9.17, 15) is 9.00 Å². The quantitative estimate of drug-likeness (QED) is 0.798. The van der Waals surface area contributed by atoms with Crippen LogP contribution >= 0.6 is 0 Å². The van der Waals surface area contributed by atoms with Gasteiger partial charge >= 0.3 is 5.97 Å². The molecule has 0 spiro atoms. The standard InChI is InChI=1S/C20H25NO3S/c1-20(2,3)25(23)21-18(14-15-8-6-5-7-9-15)16-10-12-17(13-11-16)19(22)24-4/h5-13,18,21H,14H2,1-4H3/t18-,25?/m1/s1. The van der Waals surface area contributed by atoms with Crippen LogP contribution < -0.4 is 4.72 Å². The van der Waals surface area contributed by atoms with E-state index in [0.29, 0.717) is 12.0 Å². The highest BCUT2D eigenvalue weighted by Gasteiger charge is 2.24. The Balaban J connectivity index is 2.27. The van der Waals surface area contributed by atoms with Gasteiger partial charge in [0.2, 0.25) is 0 Å². The Morgan fingerprint density at radius 3 is 2.20 bits per heavy atom. The number of hydrogen-bond donors (Lipinski definition) is 1. The van der Waals surface area contributed by atoms with Gasteiger partial charge in [-0.15, -0.1) is 0 Å². The Morgan fingerprint density at radius 2 is 1.68 bits per heavy atom. The van der Waals surface area contributed by atoms with Gasteiger partial charge in [-0.05, 0) is 50.5 Å². The summed E-state index contributed by atoms with van der Waals surface area (Å²) in [6.07, 6.45) is 0.709. The molecule has 5 heteroatoms. The van der Waals surface area contributed by atoms with Crippen LogP contribution in [-0.2, 0) is 22.1 Å². The summed E-state index contributed by atoms with van der Waals surface area (Å²) in [6.45, 7) is 5.82. The van der Waals surface area contributed by atoms with Gasteiger partial charge in [0.1, 0.15) is 0 Å². The molecule has 0 fully saturated rings. The molecule has 4 nitrogen and oxygen atoms in total. The SMILES string of the molecule is COC(=O)c1ccc([C@@H](Cc2ccccc2)NS(=O)C(C)(C)C)cc1. The molecule has 0 saturated heterocycles. The average Bonchev–Trinajstić information content (AvgIpc) is 2.60. The molecule has 0 aliphatic rings. The molecule has 0 heterocycles. The van der Waals surface area contributed by atoms with Crippen molar-refractivity contribution in [3.63, 3.8) is 0 Å². The minimum Gasteiger partial charge on any atom is -0.465 e. The average molecular weight is 359 g/mol. The first kappa shape index (κ1) is 19.3. The third-order valence-electron chi connectivity index (χ3n) is 3.82. The van der Waals surface area contributed by atoms with Gasteiger partial charge in [0.25, 0.3) is 0 Å². The maximum atomic E-state index is 12.6. The van der Waals surface area contributed by atoms with Crippen molar-refractivity contribution in [2.24, 2.45) is 0 Å². The lowest BCUT2D eigenvalue weighted by atomic mass is 9.99. The van der Waals surface area contributed by atoms with Gasteiger partial charge in [-0.1, -0.05) is 42.5 Å². The molecule has 25 heavy (non-hydrogen) atoms. The van der Waals surface area contributed by atoms with E-state index in [4.69, 9.17) is 4.74 Å². The molecule has 0 amide bonds. The number of benzene rings is 2. The fraction of sp³-hybridized carbons (Fsp3) is 0.350. The zero-order chi connectivity index (χ0) is 18.4. The van der Waals surface area contributed by atoms with E-state index < -0.39 is 11.0 Å². The summed E-state index contributed by atoms with van der Waals surface area (Å²) < 4.78 is 20.2. The fourth-order valence-corrected chi connectivity index (χ4v) is 3.18. The number of hydrogen-bond acceptors (Lipinski definition) is 3. The molecule has 0 bridgehead atoms. The Kier molecular flexibility index (Phi) is 6.51. The second kappa shape index (κ2) is 8.41. The predicted octanol–water partition coefficient (Wildman–Crippen LogP) is 3.81. The molecule has 0 aromatic heterocycles. The van der Waals surface area contributed by atoms with Gasteiger partial charge in [0.05, 0.1) is 28.4 Å². The van der Waals surface area contributed by atoms with E-state index in [2.05, 4.69) is 16.9 Å². The smallest absolute Gasteiger partial charge is 0.337 e. The van der Waals surface area contributed by atoms with Gasteiger partial charge in [0.15, 0.2) is 0 Å². The lowest BCUT2D eigenvalue weighted by Gasteiger charge is -2.25. The van der Waals surface area contributed by atoms with Gasteiger partial charge in [-0.3, -0.25) is 0 Å². The van der Waals surface area contributed by atoms with E-state index in [-0.39, 0.29) is 16.8 Å². The minimum absolute atomic E-state index is 0.117. The van der Waals surface area contributed by atoms with Gasteiger partial charge in [-0.2, -0.15) is 0 Å². The Hall–Kier alpha value is -1.98. The zero-order valence-electron chi connectivity index (χ0n) is 15.1. The number of ether oxygens (including phenoxy) is 1. The second-order valence-electron chi connectivity index (χ2n) is 6.85. The number of nitrogens with one attached hydrogen (secondary N) is 1. The summed E-state index contributed by atoms with van der Waals surface area (Å²) in [6, 6.07) is 17.2. The van der Waals surface area contributed by atoms with Crippen LogP contribution in [0.25, 0.3) is 0 Å². The molecule has 0 aliphatic carbocycles. The van der Waals surface area contributed by atoms with E-state index in [1.54, 1.807) is 12.1 Å². The number of carbonyl (C=O) groups is 1. The molecule has 1 unspecified atom stereocenters. The summed E-state index contributed by atoms with van der Waals surface area (Å²) in [5.74, 6) is -0.364. The highest BCUT2D eigenvalue weighted by Crippen LogP contribution is 2.22. The highest BCUT2D eigenvalue weighted by molar-refractivity contribution is 7.84. The lowest BCUT2D eigenvalue weighted by molar-refractivity contribution is 0.0600. The van der Waals surface area contributed by atoms with Crippen molar-refractivity contribution in [1.29, 1.82) is 0 Å². The van der Waals surface area contributed by atoms with Crippen LogP contribution in [0.2, 0.25) is 0 Å². The molecule has 134 valence electrons. The number of carbonyl (C=O) groups excluding carboxylic acids is 1. The summed E-state index contributed by atoms with van der Waals surface area (Å²) in [4.78, 5) is 11.6. The molecule has 2 atom stereocenters. The Morgan fingerprint density at radius 1 is 1.08 bits per heavy atom. The van der Waals surface area contributed by atoms with E-state index in [0.717, 1.165) is 11.1 Å². The van der Waals surface area contributed by atoms with Crippen LogP contribution in [0.3, 0.4) is 0 Å². The third kappa shape index (κ3) is 5.51. The normalized spacial score (nSPS) is 13.9. The maximum Gasteiger partial charge on any atom is 0.337 e. The zero-order valence-corrected chi connectivity index (χ0v) is 15.9. The molecule has 0 saturated carbocycles. The van der Waals surface area contributed by atoms with Gasteiger partial charge in [0, 0.05) is 6.04 Å². The first-order valence-corrected chi connectivity index (χ1v) is 9.36. The van der Waals surface area contributed by atoms with Crippen molar-refractivity contribution in [3.8, 4) is 0 Å². The molecule has 1 N–H and O–H groups in total. The summed E-state index contributed by atoms with van der Waals surface area (Å²) >= 11 is 0. The predicted molar refractivity (Wildman–Crippen MR) is 102 cm³/mol. The third-order valence-corrected chi connectivity index (χ3v) is 5.43. The summed E-state index contributed by atoms with van der Waals surface area (Å²) in [5, 5.41) is 0. The molecular weight excluding hydrogens is 334 g/mol. The van der Waals surface area contributed by atoms with Crippen LogP contribution in [-0.4, -0.2) is 22.0 Å². The molecule has 2 aromatic carbocycles. The Labute approximate surface area is 152 Å². The van der Waals surface area contributed by atoms with Crippen molar-refractivity contribution in [1.82, 2.24) is 4.72 Å². The molecule has 0 radical (unpaired) electrons. The van der Waals surface area contributed by atoms with Crippen LogP contribution in [0, 0.1) is 0 Å². The van der Waals surface area contributed by atoms with Crippen molar-refractivity contribution in [2.75, 3.05) is 7.11 Å². The summed E-state index contributed by atoms with van der Waals surface area (Å²) in [7, 11) is 0.165. The first-order chi connectivity index (χ1) is 11.8. The van der Waals surface area contributed by atoms with Crippen LogP contribution in [0.5, 0.6) is 0 Å². The number of methoxy groups -OCH3 is 1. The number of rotatable bonds is 6. The van der Waals surface area contributed by atoms with Crippen molar-refractivity contribution in [2.45, 2.75) is 38.0 Å². The molecule has 0 aliphatic heterocycles. The van der Waals surface area contributed by atoms with Crippen molar-refractivity contribution < 1.29 is 13.7 Å². The van der Waals surface area contributed by atoms with Crippen molar-refractivity contribution in [3.05, 3.63) is 71.3 Å². The van der Waals surface area contributed by atoms with E-state index in [1.807, 2.05) is 51.1 Å². The van der Waals surface area contributed by atoms with Gasteiger partial charge < -0.3 is 4.74 Å². The van der Waals surface area contributed by atoms with Crippen LogP contribution in [0.4, 0.5) is 0 Å². The van der Waals surface area contributed by atoms with Crippen molar-refractivity contribution >= 4 is 17.0 Å².